The topological polar surface area (TPSA) is 91.3 Å². The Balaban J connectivity index is 1.97. The summed E-state index contributed by atoms with van der Waals surface area (Å²) >= 11 is 0. The first-order chi connectivity index (χ1) is 12.9. The number of hydrogen-bond donors (Lipinski definition) is 0. The number of esters is 3. The second-order valence-corrected chi connectivity index (χ2v) is 5.59. The van der Waals surface area contributed by atoms with Gasteiger partial charge < -0.3 is 14.2 Å². The fraction of sp³-hybridized carbons (Fsp3) is 0.100. The number of carbonyl (C=O) groups is 3. The van der Waals surface area contributed by atoms with Crippen molar-refractivity contribution in [2.24, 2.45) is 4.99 Å². The molecule has 136 valence electrons. The van der Waals surface area contributed by atoms with Crippen LogP contribution in [0.3, 0.4) is 0 Å². The summed E-state index contributed by atoms with van der Waals surface area (Å²) in [6.45, 7) is 2.50. The van der Waals surface area contributed by atoms with Crippen LogP contribution in [0.25, 0.3) is 6.08 Å². The molecule has 1 aliphatic rings. The average molecular weight is 365 g/mol. The van der Waals surface area contributed by atoms with Gasteiger partial charge in [0.25, 0.3) is 0 Å². The van der Waals surface area contributed by atoms with Gasteiger partial charge in [-0.3, -0.25) is 9.59 Å². The van der Waals surface area contributed by atoms with E-state index in [4.69, 9.17) is 14.2 Å². The summed E-state index contributed by atoms with van der Waals surface area (Å²) in [7, 11) is 0. The zero-order valence-electron chi connectivity index (χ0n) is 14.6. The number of benzene rings is 2. The third-order valence-electron chi connectivity index (χ3n) is 3.43. The van der Waals surface area contributed by atoms with Crippen molar-refractivity contribution < 1.29 is 28.6 Å². The molecular weight excluding hydrogens is 350 g/mol. The Bertz CT molecular complexity index is 975. The fourth-order valence-electron chi connectivity index (χ4n) is 2.37. The zero-order chi connectivity index (χ0) is 19.4. The molecule has 0 fully saturated rings. The maximum Gasteiger partial charge on any atom is 0.363 e. The lowest BCUT2D eigenvalue weighted by molar-refractivity contribution is -0.132. The number of aliphatic imine (C=N–C) groups is 1. The number of nitrogens with zero attached hydrogens (tertiary/aromatic N) is 1. The predicted molar refractivity (Wildman–Crippen MR) is 96.1 cm³/mol. The summed E-state index contributed by atoms with van der Waals surface area (Å²) in [5, 5.41) is 0. The van der Waals surface area contributed by atoms with E-state index in [2.05, 4.69) is 4.99 Å². The first kappa shape index (κ1) is 18.1. The maximum absolute atomic E-state index is 12.1. The molecule has 0 aromatic heterocycles. The highest BCUT2D eigenvalue weighted by Gasteiger charge is 2.24. The molecule has 0 bridgehead atoms. The molecule has 7 heteroatoms. The molecule has 0 saturated carbocycles. The molecule has 0 atom stereocenters. The predicted octanol–water partition coefficient (Wildman–Crippen LogP) is 2.88. The van der Waals surface area contributed by atoms with Gasteiger partial charge in [0.2, 0.25) is 5.90 Å². The third kappa shape index (κ3) is 4.46. The van der Waals surface area contributed by atoms with E-state index in [-0.39, 0.29) is 23.1 Å². The number of rotatable bonds is 4. The molecule has 0 spiro atoms. The highest BCUT2D eigenvalue weighted by molar-refractivity contribution is 6.13. The lowest BCUT2D eigenvalue weighted by Gasteiger charge is -2.08. The Labute approximate surface area is 154 Å². The molecule has 1 heterocycles. The van der Waals surface area contributed by atoms with Crippen molar-refractivity contribution in [3.63, 3.8) is 0 Å². The maximum atomic E-state index is 12.1. The molecule has 27 heavy (non-hydrogen) atoms. The van der Waals surface area contributed by atoms with Crippen LogP contribution in [0.4, 0.5) is 0 Å². The van der Waals surface area contributed by atoms with E-state index >= 15 is 0 Å². The van der Waals surface area contributed by atoms with E-state index in [1.807, 2.05) is 6.07 Å². The minimum atomic E-state index is -0.619. The van der Waals surface area contributed by atoms with Gasteiger partial charge in [0.1, 0.15) is 11.5 Å². The largest absolute Gasteiger partial charge is 0.427 e. The Morgan fingerprint density at radius 1 is 1.00 bits per heavy atom. The van der Waals surface area contributed by atoms with Crippen LogP contribution in [-0.4, -0.2) is 23.8 Å². The Morgan fingerprint density at radius 2 is 1.70 bits per heavy atom. The summed E-state index contributed by atoms with van der Waals surface area (Å²) in [5.41, 5.74) is 1.13. The van der Waals surface area contributed by atoms with Gasteiger partial charge in [0.15, 0.2) is 5.70 Å². The van der Waals surface area contributed by atoms with E-state index in [0.717, 1.165) is 0 Å². The summed E-state index contributed by atoms with van der Waals surface area (Å²) in [6, 6.07) is 13.4. The van der Waals surface area contributed by atoms with E-state index in [9.17, 15) is 14.4 Å². The Kier molecular flexibility index (Phi) is 5.12. The van der Waals surface area contributed by atoms with Crippen molar-refractivity contribution in [2.45, 2.75) is 13.8 Å². The lowest BCUT2D eigenvalue weighted by atomic mass is 10.1. The summed E-state index contributed by atoms with van der Waals surface area (Å²) in [5.74, 6) is -1.15. The first-order valence-corrected chi connectivity index (χ1v) is 8.01. The van der Waals surface area contributed by atoms with Crippen molar-refractivity contribution in [3.05, 3.63) is 65.4 Å². The second kappa shape index (κ2) is 7.65. The standard InChI is InChI=1S/C20H15NO6/c1-12(22)25-16-9-8-15(18(11-16)26-13(2)23)10-17-20(24)27-19(21-17)14-6-4-3-5-7-14/h3-11H,1-2H3/b17-10+. The summed E-state index contributed by atoms with van der Waals surface area (Å²) in [4.78, 5) is 38.8. The van der Waals surface area contributed by atoms with Gasteiger partial charge in [-0.05, 0) is 30.3 Å². The van der Waals surface area contributed by atoms with Gasteiger partial charge in [-0.2, -0.15) is 0 Å². The van der Waals surface area contributed by atoms with E-state index in [0.29, 0.717) is 11.1 Å². The van der Waals surface area contributed by atoms with Crippen LogP contribution < -0.4 is 9.47 Å². The van der Waals surface area contributed by atoms with Crippen molar-refractivity contribution in [1.29, 1.82) is 0 Å². The van der Waals surface area contributed by atoms with Crippen LogP contribution >= 0.6 is 0 Å². The van der Waals surface area contributed by atoms with E-state index in [1.165, 1.54) is 32.1 Å². The van der Waals surface area contributed by atoms with Crippen LogP contribution in [0.5, 0.6) is 11.5 Å². The van der Waals surface area contributed by atoms with E-state index in [1.54, 1.807) is 30.3 Å². The minimum absolute atomic E-state index is 0.0579. The van der Waals surface area contributed by atoms with Crippen molar-refractivity contribution in [1.82, 2.24) is 0 Å². The van der Waals surface area contributed by atoms with E-state index < -0.39 is 17.9 Å². The first-order valence-electron chi connectivity index (χ1n) is 8.01. The number of hydrogen-bond acceptors (Lipinski definition) is 7. The highest BCUT2D eigenvalue weighted by Crippen LogP contribution is 2.29. The molecule has 0 N–H and O–H groups in total. The van der Waals surface area contributed by atoms with Crippen LogP contribution in [0.2, 0.25) is 0 Å². The van der Waals surface area contributed by atoms with Crippen LogP contribution in [0, 0.1) is 0 Å². The normalized spacial score (nSPS) is 14.5. The molecule has 0 amide bonds. The lowest BCUT2D eigenvalue weighted by Crippen LogP contribution is -2.06. The Morgan fingerprint density at radius 3 is 2.37 bits per heavy atom. The number of cyclic esters (lactones) is 1. The van der Waals surface area contributed by atoms with Crippen molar-refractivity contribution in [2.75, 3.05) is 0 Å². The zero-order valence-corrected chi connectivity index (χ0v) is 14.6. The third-order valence-corrected chi connectivity index (χ3v) is 3.43. The van der Waals surface area contributed by atoms with Crippen molar-refractivity contribution in [3.8, 4) is 11.5 Å². The monoisotopic (exact) mass is 365 g/mol. The van der Waals surface area contributed by atoms with Crippen LogP contribution in [0.1, 0.15) is 25.0 Å². The molecule has 0 unspecified atom stereocenters. The summed E-state index contributed by atoms with van der Waals surface area (Å²) < 4.78 is 15.3. The van der Waals surface area contributed by atoms with Crippen LogP contribution in [0.15, 0.2) is 59.2 Å². The van der Waals surface area contributed by atoms with Gasteiger partial charge in [-0.25, -0.2) is 9.79 Å². The number of ether oxygens (including phenoxy) is 3. The van der Waals surface area contributed by atoms with Gasteiger partial charge in [0.05, 0.1) is 0 Å². The molecule has 2 aromatic carbocycles. The summed E-state index contributed by atoms with van der Waals surface area (Å²) in [6.07, 6.45) is 1.44. The van der Waals surface area contributed by atoms with Crippen molar-refractivity contribution >= 4 is 29.9 Å². The van der Waals surface area contributed by atoms with Gasteiger partial charge >= 0.3 is 17.9 Å². The van der Waals surface area contributed by atoms with Gasteiger partial charge in [-0.1, -0.05) is 18.2 Å². The van der Waals surface area contributed by atoms with Crippen LogP contribution in [-0.2, 0) is 19.1 Å². The molecular formula is C20H15NO6. The SMILES string of the molecule is CC(=O)Oc1ccc(/C=C2/N=C(c3ccccc3)OC2=O)c(OC(C)=O)c1. The molecule has 3 rings (SSSR count). The number of carbonyl (C=O) groups excluding carboxylic acids is 3. The Hall–Kier alpha value is -3.74. The smallest absolute Gasteiger partial charge is 0.363 e. The molecule has 7 nitrogen and oxygen atoms in total. The fourth-order valence-corrected chi connectivity index (χ4v) is 2.37. The molecule has 0 radical (unpaired) electrons. The van der Waals surface area contributed by atoms with Gasteiger partial charge in [0, 0.05) is 31.0 Å². The quantitative estimate of drug-likeness (QED) is 0.470. The molecule has 0 saturated heterocycles. The highest BCUT2D eigenvalue weighted by atomic mass is 16.6. The molecule has 2 aromatic rings. The molecule has 1 aliphatic heterocycles. The average Bonchev–Trinajstić information content (AvgIpc) is 2.98. The minimum Gasteiger partial charge on any atom is -0.427 e. The molecule has 0 aliphatic carbocycles. The second-order valence-electron chi connectivity index (χ2n) is 5.59. The van der Waals surface area contributed by atoms with Gasteiger partial charge in [-0.15, -0.1) is 0 Å².